The second-order valence-electron chi connectivity index (χ2n) is 13.6. The first-order valence-electron chi connectivity index (χ1n) is 18.3. The number of hydrogen-bond acceptors (Lipinski definition) is 1. The second-order valence-corrected chi connectivity index (χ2v) is 13.6. The Balaban J connectivity index is 1.37. The molecule has 0 aliphatic carbocycles. The van der Waals surface area contributed by atoms with Crippen LogP contribution in [0, 0.1) is 0 Å². The lowest BCUT2D eigenvalue weighted by Crippen LogP contribution is -2.10. The van der Waals surface area contributed by atoms with Crippen molar-refractivity contribution >= 4 is 60.2 Å². The number of fused-ring (bicyclic) bond motifs is 7. The van der Waals surface area contributed by atoms with E-state index in [1.165, 1.54) is 76.5 Å². The summed E-state index contributed by atoms with van der Waals surface area (Å²) >= 11 is 0. The van der Waals surface area contributed by atoms with E-state index >= 15 is 0 Å². The largest absolute Gasteiger partial charge is 0.310 e. The first-order valence-corrected chi connectivity index (χ1v) is 18.3. The molecule has 0 atom stereocenters. The van der Waals surface area contributed by atoms with Gasteiger partial charge in [-0.15, -0.1) is 0 Å². The molecular weight excluding hydrogens is 639 g/mol. The van der Waals surface area contributed by atoms with Crippen LogP contribution in [0.15, 0.2) is 212 Å². The van der Waals surface area contributed by atoms with E-state index in [1.54, 1.807) is 0 Å². The van der Waals surface area contributed by atoms with Crippen molar-refractivity contribution in [3.05, 3.63) is 212 Å². The van der Waals surface area contributed by atoms with Gasteiger partial charge in [-0.3, -0.25) is 0 Å². The van der Waals surface area contributed by atoms with Gasteiger partial charge in [-0.2, -0.15) is 0 Å². The topological polar surface area (TPSA) is 3.24 Å². The van der Waals surface area contributed by atoms with Crippen molar-refractivity contribution < 1.29 is 0 Å². The van der Waals surface area contributed by atoms with Crippen molar-refractivity contribution in [2.45, 2.75) is 0 Å². The molecule has 53 heavy (non-hydrogen) atoms. The summed E-state index contributed by atoms with van der Waals surface area (Å²) in [6.45, 7) is 0. The third kappa shape index (κ3) is 5.25. The van der Waals surface area contributed by atoms with Crippen LogP contribution in [0.25, 0.3) is 76.5 Å². The Labute approximate surface area is 309 Å². The molecule has 10 aromatic rings. The van der Waals surface area contributed by atoms with Crippen LogP contribution in [0.2, 0.25) is 0 Å². The Morgan fingerprint density at radius 2 is 0.811 bits per heavy atom. The van der Waals surface area contributed by atoms with Gasteiger partial charge in [0, 0.05) is 16.8 Å². The summed E-state index contributed by atoms with van der Waals surface area (Å²) in [5.74, 6) is 0. The van der Waals surface area contributed by atoms with Gasteiger partial charge in [0.05, 0.1) is 5.69 Å². The van der Waals surface area contributed by atoms with Crippen molar-refractivity contribution in [1.29, 1.82) is 0 Å². The van der Waals surface area contributed by atoms with Crippen LogP contribution in [0.3, 0.4) is 0 Å². The van der Waals surface area contributed by atoms with Crippen LogP contribution >= 0.6 is 0 Å². The lowest BCUT2D eigenvalue weighted by Gasteiger charge is -2.28. The van der Waals surface area contributed by atoms with Gasteiger partial charge in [0.25, 0.3) is 0 Å². The summed E-state index contributed by atoms with van der Waals surface area (Å²) in [4.78, 5) is 2.41. The van der Waals surface area contributed by atoms with E-state index in [0.717, 1.165) is 17.1 Å². The first-order chi connectivity index (χ1) is 26.3. The van der Waals surface area contributed by atoms with E-state index in [0.29, 0.717) is 0 Å². The number of anilines is 3. The predicted octanol–water partition coefficient (Wildman–Crippen LogP) is 14.8. The Kier molecular flexibility index (Phi) is 7.55. The molecule has 0 N–H and O–H groups in total. The van der Waals surface area contributed by atoms with E-state index in [9.17, 15) is 0 Å². The van der Waals surface area contributed by atoms with Crippen molar-refractivity contribution in [3.63, 3.8) is 0 Å². The zero-order valence-corrected chi connectivity index (χ0v) is 29.2. The fraction of sp³-hybridized carbons (Fsp3) is 0. The minimum absolute atomic E-state index is 1.12. The zero-order chi connectivity index (χ0) is 35.1. The maximum Gasteiger partial charge on any atom is 0.0540 e. The van der Waals surface area contributed by atoms with Gasteiger partial charge in [0.15, 0.2) is 0 Å². The number of nitrogens with zero attached hydrogens (tertiary/aromatic N) is 1. The summed E-state index contributed by atoms with van der Waals surface area (Å²) in [5, 5.41) is 9.94. The summed E-state index contributed by atoms with van der Waals surface area (Å²) < 4.78 is 0. The average molecular weight is 674 g/mol. The van der Waals surface area contributed by atoms with Gasteiger partial charge in [-0.05, 0) is 107 Å². The third-order valence-corrected chi connectivity index (χ3v) is 10.6. The highest BCUT2D eigenvalue weighted by Crippen LogP contribution is 2.50. The quantitative estimate of drug-likeness (QED) is 0.159. The molecule has 0 saturated carbocycles. The number of benzene rings is 10. The lowest BCUT2D eigenvalue weighted by molar-refractivity contribution is 1.30. The third-order valence-electron chi connectivity index (χ3n) is 10.6. The van der Waals surface area contributed by atoms with Crippen LogP contribution in [-0.4, -0.2) is 0 Å². The van der Waals surface area contributed by atoms with Gasteiger partial charge in [-0.25, -0.2) is 0 Å². The highest BCUT2D eigenvalue weighted by Gasteiger charge is 2.23. The van der Waals surface area contributed by atoms with Gasteiger partial charge in [0.2, 0.25) is 0 Å². The monoisotopic (exact) mass is 673 g/mol. The summed E-state index contributed by atoms with van der Waals surface area (Å²) in [6, 6.07) is 77.2. The van der Waals surface area contributed by atoms with Crippen molar-refractivity contribution in [2.75, 3.05) is 4.90 Å². The minimum Gasteiger partial charge on any atom is -0.310 e. The lowest BCUT2D eigenvalue weighted by atomic mass is 9.81. The predicted molar refractivity (Wildman–Crippen MR) is 227 cm³/mol. The molecule has 0 spiro atoms. The molecule has 0 radical (unpaired) electrons. The van der Waals surface area contributed by atoms with Crippen molar-refractivity contribution in [1.82, 2.24) is 0 Å². The summed E-state index contributed by atoms with van der Waals surface area (Å²) in [7, 11) is 0. The maximum absolute atomic E-state index is 2.43. The van der Waals surface area contributed by atoms with Crippen molar-refractivity contribution in [2.24, 2.45) is 0 Å². The van der Waals surface area contributed by atoms with E-state index in [-0.39, 0.29) is 0 Å². The molecule has 0 heterocycles. The number of rotatable bonds is 6. The average Bonchev–Trinajstić information content (AvgIpc) is 3.24. The van der Waals surface area contributed by atoms with E-state index in [2.05, 4.69) is 217 Å². The van der Waals surface area contributed by atoms with Crippen LogP contribution < -0.4 is 4.90 Å². The second kappa shape index (κ2) is 13.0. The summed E-state index contributed by atoms with van der Waals surface area (Å²) in [6.07, 6.45) is 0. The van der Waals surface area contributed by atoms with Crippen LogP contribution in [0.5, 0.6) is 0 Å². The fourth-order valence-corrected chi connectivity index (χ4v) is 8.28. The maximum atomic E-state index is 2.43. The highest BCUT2D eigenvalue weighted by molar-refractivity contribution is 6.33. The zero-order valence-electron chi connectivity index (χ0n) is 29.2. The van der Waals surface area contributed by atoms with Crippen LogP contribution in [-0.2, 0) is 0 Å². The first kappa shape index (κ1) is 30.8. The Morgan fingerprint density at radius 1 is 0.283 bits per heavy atom. The van der Waals surface area contributed by atoms with Gasteiger partial charge in [0.1, 0.15) is 0 Å². The SMILES string of the molecule is c1ccc(-c2cc(-c3ccccc3)c3c4ccccc4c4cc(N(c5ccccc5)c5cccc6ccccc56)ccc4c3c2-c2ccccc2)cc1. The summed E-state index contributed by atoms with van der Waals surface area (Å²) in [5.41, 5.74) is 10.7. The van der Waals surface area contributed by atoms with Gasteiger partial charge >= 0.3 is 0 Å². The Morgan fingerprint density at radius 3 is 1.51 bits per heavy atom. The fourth-order valence-electron chi connectivity index (χ4n) is 8.28. The molecular formula is C52H35N. The van der Waals surface area contributed by atoms with E-state index in [1.807, 2.05) is 0 Å². The molecule has 10 aromatic carbocycles. The molecule has 1 heteroatoms. The molecule has 0 aliphatic heterocycles. The van der Waals surface area contributed by atoms with Crippen LogP contribution in [0.4, 0.5) is 17.1 Å². The van der Waals surface area contributed by atoms with E-state index < -0.39 is 0 Å². The molecule has 0 aromatic heterocycles. The molecule has 0 bridgehead atoms. The van der Waals surface area contributed by atoms with Crippen LogP contribution in [0.1, 0.15) is 0 Å². The molecule has 10 rings (SSSR count). The molecule has 248 valence electrons. The number of hydrogen-bond donors (Lipinski definition) is 0. The highest BCUT2D eigenvalue weighted by atomic mass is 15.1. The van der Waals surface area contributed by atoms with Gasteiger partial charge < -0.3 is 4.90 Å². The van der Waals surface area contributed by atoms with Gasteiger partial charge in [-0.1, -0.05) is 176 Å². The Hall–Kier alpha value is -6.96. The molecule has 0 aliphatic rings. The van der Waals surface area contributed by atoms with E-state index in [4.69, 9.17) is 0 Å². The molecule has 0 fully saturated rings. The smallest absolute Gasteiger partial charge is 0.0540 e. The molecule has 0 amide bonds. The van der Waals surface area contributed by atoms with Crippen molar-refractivity contribution in [3.8, 4) is 33.4 Å². The Bertz CT molecular complexity index is 2910. The molecule has 0 saturated heterocycles. The molecule has 0 unspecified atom stereocenters. The minimum atomic E-state index is 1.12. The number of para-hydroxylation sites is 1. The normalized spacial score (nSPS) is 11.4. The standard InChI is InChI=1S/C52H35N/c1-5-18-37(19-6-1)46-35-47(38-20-7-2-8-21-38)51-44-30-16-15-29-43(44)48-34-41(32-33-45(48)52(51)50(46)39-23-9-3-10-24-39)53(40-26-11-4-12-27-40)49-31-17-25-36-22-13-14-28-42(36)49/h1-35H. The molecule has 1 nitrogen and oxygen atoms in total.